The summed E-state index contributed by atoms with van der Waals surface area (Å²) in [5.41, 5.74) is 3.47. The van der Waals surface area contributed by atoms with E-state index in [0.717, 1.165) is 33.1 Å². The van der Waals surface area contributed by atoms with Gasteiger partial charge in [0.2, 0.25) is 0 Å². The maximum atomic E-state index is 12.6. The first-order valence-electron chi connectivity index (χ1n) is 16.3. The first kappa shape index (κ1) is 30.6. The summed E-state index contributed by atoms with van der Waals surface area (Å²) >= 11 is -0.846. The summed E-state index contributed by atoms with van der Waals surface area (Å²) in [5.74, 6) is 0. The Hall–Kier alpha value is 0.694. The fourth-order valence-electron chi connectivity index (χ4n) is 8.16. The summed E-state index contributed by atoms with van der Waals surface area (Å²) in [6, 6.07) is 0. The van der Waals surface area contributed by atoms with Gasteiger partial charge in [-0.3, -0.25) is 0 Å². The van der Waals surface area contributed by atoms with Gasteiger partial charge < -0.3 is 0 Å². The Morgan fingerprint density at radius 2 is 0.784 bits per heavy atom. The second-order valence-corrected chi connectivity index (χ2v) is 20.9. The molecule has 1 atom stereocenters. The Morgan fingerprint density at radius 3 is 1.08 bits per heavy atom. The van der Waals surface area contributed by atoms with Crippen LogP contribution < -0.4 is 0 Å². The fraction of sp³-hybridized carbons (Fsp3) is 0.938. The van der Waals surface area contributed by atoms with Crippen LogP contribution in [0.5, 0.6) is 0 Å². The minimum atomic E-state index is -0.846. The molecule has 4 rings (SSSR count). The Labute approximate surface area is 236 Å². The predicted molar refractivity (Wildman–Crippen MR) is 162 cm³/mol. The van der Waals surface area contributed by atoms with Crippen LogP contribution in [0.1, 0.15) is 154 Å². The van der Waals surface area contributed by atoms with Crippen LogP contribution in [0.15, 0.2) is 0 Å². The molecule has 2 nitrogen and oxygen atoms in total. The third-order valence-corrected chi connectivity index (χ3v) is 21.1. The van der Waals surface area contributed by atoms with Crippen molar-refractivity contribution in [2.45, 2.75) is 181 Å². The van der Waals surface area contributed by atoms with Gasteiger partial charge in [0.25, 0.3) is 0 Å². The standard InChI is InChI=1S/C30H55P2.2CHO.Ni/c1-2-10-18-27(17-9-1)31(28-19-11-3-4-12-20-28)25-26-32(29-21-13-5-6-14-22-29)30-23-15-7-8-16-24-30;2*1-2;/h25,27-30H,1-24,26H2;2*1H;. The molecule has 37 heavy (non-hydrogen) atoms. The topological polar surface area (TPSA) is 34.1 Å². The second kappa shape index (κ2) is 17.5. The average Bonchev–Trinajstić information content (AvgIpc) is 3.53. The zero-order chi connectivity index (χ0) is 25.7. The number of hydrogen-bond donors (Lipinski definition) is 0. The van der Waals surface area contributed by atoms with E-state index in [-0.39, 0.29) is 15.8 Å². The van der Waals surface area contributed by atoms with Crippen LogP contribution >= 0.6 is 15.8 Å². The van der Waals surface area contributed by atoms with Crippen LogP contribution in [0.25, 0.3) is 0 Å². The van der Waals surface area contributed by atoms with Crippen LogP contribution in [-0.4, -0.2) is 43.9 Å². The third-order valence-electron chi connectivity index (χ3n) is 10.2. The van der Waals surface area contributed by atoms with E-state index in [1.807, 2.05) is 0 Å². The molecule has 0 saturated heterocycles. The summed E-state index contributed by atoms with van der Waals surface area (Å²) in [4.78, 5) is 25.3. The van der Waals surface area contributed by atoms with Crippen LogP contribution in [0, 0.1) is 0 Å². The summed E-state index contributed by atoms with van der Waals surface area (Å²) in [5, 5.41) is 2.32. The van der Waals surface area contributed by atoms with E-state index in [2.05, 4.69) is 0 Å². The molecule has 1 unspecified atom stereocenters. The Morgan fingerprint density at radius 1 is 0.486 bits per heavy atom. The summed E-state index contributed by atoms with van der Waals surface area (Å²) < 4.78 is 0.425. The van der Waals surface area contributed by atoms with Gasteiger partial charge >= 0.3 is 237 Å². The van der Waals surface area contributed by atoms with Gasteiger partial charge in [-0.2, -0.15) is 0 Å². The van der Waals surface area contributed by atoms with E-state index in [4.69, 9.17) is 0 Å². The van der Waals surface area contributed by atoms with Crippen LogP contribution in [0.2, 0.25) is 0 Å². The molecule has 5 heteroatoms. The van der Waals surface area contributed by atoms with Gasteiger partial charge in [-0.15, -0.1) is 0 Å². The normalized spacial score (nSPS) is 26.2. The second-order valence-electron chi connectivity index (χ2n) is 12.6. The molecule has 0 bridgehead atoms. The molecule has 4 fully saturated rings. The van der Waals surface area contributed by atoms with Gasteiger partial charge in [0, 0.05) is 0 Å². The molecule has 0 aliphatic heterocycles. The molecule has 0 aromatic heterocycles. The molecular weight excluding hydrogens is 537 g/mol. The fourth-order valence-corrected chi connectivity index (χ4v) is 21.0. The van der Waals surface area contributed by atoms with Gasteiger partial charge in [-0.25, -0.2) is 0 Å². The molecule has 4 aliphatic carbocycles. The van der Waals surface area contributed by atoms with Crippen LogP contribution in [0.4, 0.5) is 0 Å². The van der Waals surface area contributed by atoms with Crippen molar-refractivity contribution in [1.29, 1.82) is 0 Å². The maximum absolute atomic E-state index is 12.6. The molecule has 0 heterocycles. The van der Waals surface area contributed by atoms with E-state index in [0.29, 0.717) is 4.63 Å². The van der Waals surface area contributed by atoms with Crippen molar-refractivity contribution in [3.05, 3.63) is 0 Å². The van der Waals surface area contributed by atoms with Gasteiger partial charge in [-0.1, -0.05) is 0 Å². The Bertz CT molecular complexity index is 581. The molecular formula is C32H57NiO2P2. The van der Waals surface area contributed by atoms with Crippen molar-refractivity contribution in [2.75, 3.05) is 6.16 Å². The summed E-state index contributed by atoms with van der Waals surface area (Å²) in [7, 11) is -0.354. The first-order chi connectivity index (χ1) is 18.3. The predicted octanol–water partition coefficient (Wildman–Crippen LogP) is 10.2. The van der Waals surface area contributed by atoms with Crippen molar-refractivity contribution in [2.24, 2.45) is 0 Å². The van der Waals surface area contributed by atoms with Crippen LogP contribution in [-0.2, 0) is 23.0 Å². The van der Waals surface area contributed by atoms with Crippen LogP contribution in [0.3, 0.4) is 0 Å². The molecule has 4 saturated carbocycles. The van der Waals surface area contributed by atoms with E-state index < -0.39 is 13.4 Å². The van der Waals surface area contributed by atoms with E-state index in [9.17, 15) is 9.59 Å². The third kappa shape index (κ3) is 9.36. The van der Waals surface area contributed by atoms with Gasteiger partial charge in [-0.05, 0) is 0 Å². The van der Waals surface area contributed by atoms with E-state index >= 15 is 0 Å². The molecule has 4 aliphatic rings. The Balaban J connectivity index is 1.67. The number of carbonyl (C=O) groups is 2. The van der Waals surface area contributed by atoms with Crippen molar-refractivity contribution in [3.63, 3.8) is 0 Å². The minimum absolute atomic E-state index is 0.0933. The molecule has 0 radical (unpaired) electrons. The summed E-state index contributed by atoms with van der Waals surface area (Å²) in [6.07, 6.45) is 35.2. The molecule has 0 spiro atoms. The molecule has 0 aromatic carbocycles. The van der Waals surface area contributed by atoms with E-state index in [1.54, 1.807) is 0 Å². The van der Waals surface area contributed by atoms with Gasteiger partial charge in [0.1, 0.15) is 0 Å². The quantitative estimate of drug-likeness (QED) is 0.109. The zero-order valence-electron chi connectivity index (χ0n) is 23.7. The SMILES string of the molecule is O=[CH][Ni]([CH]=O)[CH](CP(C1CCCCCC1)C1CCCCCC1)P(C1CCCCCC1)C1CCCCCC1. The van der Waals surface area contributed by atoms with Crippen molar-refractivity contribution >= 4 is 26.4 Å². The van der Waals surface area contributed by atoms with Crippen molar-refractivity contribution in [1.82, 2.24) is 0 Å². The number of hydrogen-bond acceptors (Lipinski definition) is 2. The summed E-state index contributed by atoms with van der Waals surface area (Å²) in [6.45, 7) is 0. The monoisotopic (exact) mass is 593 g/mol. The molecule has 0 amide bonds. The Kier molecular flexibility index (Phi) is 14.5. The van der Waals surface area contributed by atoms with Gasteiger partial charge in [0.05, 0.1) is 0 Å². The first-order valence-corrected chi connectivity index (χ1v) is 21.2. The molecule has 0 N–H and O–H groups in total. The average molecular weight is 594 g/mol. The van der Waals surface area contributed by atoms with E-state index in [1.165, 1.54) is 160 Å². The molecule has 0 aromatic rings. The number of carbonyl (C=O) groups excluding carboxylic acids is 2. The number of rotatable bonds is 10. The molecule has 217 valence electrons. The van der Waals surface area contributed by atoms with Crippen molar-refractivity contribution < 1.29 is 23.0 Å². The van der Waals surface area contributed by atoms with Gasteiger partial charge in [0.15, 0.2) is 0 Å². The van der Waals surface area contributed by atoms with Crippen molar-refractivity contribution in [3.8, 4) is 0 Å². The zero-order valence-corrected chi connectivity index (χ0v) is 26.5.